The smallest absolute Gasteiger partial charge is 0.220 e. The zero-order valence-electron chi connectivity index (χ0n) is 11.8. The number of piperidine rings is 1. The van der Waals surface area contributed by atoms with Gasteiger partial charge >= 0.3 is 0 Å². The Bertz CT molecular complexity index is 264. The average Bonchev–Trinajstić information content (AvgIpc) is 2.90. The van der Waals surface area contributed by atoms with Crippen molar-refractivity contribution in [3.05, 3.63) is 0 Å². The molecule has 0 aromatic carbocycles. The highest BCUT2D eigenvalue weighted by molar-refractivity contribution is 5.85. The average molecular weight is 291 g/mol. The fraction of sp³-hybridized carbons (Fsp3) is 0.929. The van der Waals surface area contributed by atoms with Crippen LogP contribution < -0.4 is 10.6 Å². The third-order valence-electron chi connectivity index (χ3n) is 4.26. The zero-order chi connectivity index (χ0) is 12.8. The quantitative estimate of drug-likeness (QED) is 0.808. The number of hydrogen-bond acceptors (Lipinski definition) is 3. The van der Waals surface area contributed by atoms with Crippen molar-refractivity contribution in [2.45, 2.75) is 32.6 Å². The van der Waals surface area contributed by atoms with E-state index < -0.39 is 0 Å². The first-order chi connectivity index (χ1) is 8.75. The number of ether oxygens (including phenoxy) is 1. The summed E-state index contributed by atoms with van der Waals surface area (Å²) in [6.07, 6.45) is 4.26. The topological polar surface area (TPSA) is 50.4 Å². The first-order valence-electron chi connectivity index (χ1n) is 7.31. The standard InChI is InChI=1S/C14H26N2O2.ClH/c1-11(13-3-2-5-15-9-13)7-14(17)16-8-12-4-6-18-10-12;/h11-13,15H,2-10H2,1H3,(H,16,17);1H. The summed E-state index contributed by atoms with van der Waals surface area (Å²) in [5.41, 5.74) is 0. The number of amides is 1. The van der Waals surface area contributed by atoms with Crippen LogP contribution in [0.15, 0.2) is 0 Å². The lowest BCUT2D eigenvalue weighted by Gasteiger charge is -2.28. The van der Waals surface area contributed by atoms with Crippen molar-refractivity contribution in [1.29, 1.82) is 0 Å². The molecule has 2 N–H and O–H groups in total. The summed E-state index contributed by atoms with van der Waals surface area (Å²) in [5, 5.41) is 6.47. The lowest BCUT2D eigenvalue weighted by Crippen LogP contribution is -2.36. The normalized spacial score (nSPS) is 28.5. The van der Waals surface area contributed by atoms with E-state index in [2.05, 4.69) is 17.6 Å². The van der Waals surface area contributed by atoms with Crippen LogP contribution in [0.1, 0.15) is 32.6 Å². The third-order valence-corrected chi connectivity index (χ3v) is 4.26. The molecule has 19 heavy (non-hydrogen) atoms. The second kappa shape index (κ2) is 8.77. The Labute approximate surface area is 122 Å². The van der Waals surface area contributed by atoms with Gasteiger partial charge < -0.3 is 15.4 Å². The summed E-state index contributed by atoms with van der Waals surface area (Å²) < 4.78 is 5.31. The third kappa shape index (κ3) is 5.67. The zero-order valence-corrected chi connectivity index (χ0v) is 12.6. The lowest BCUT2D eigenvalue weighted by atomic mass is 9.85. The predicted octanol–water partition coefficient (Wildman–Crippen LogP) is 1.59. The number of rotatable bonds is 5. The molecule has 2 fully saturated rings. The van der Waals surface area contributed by atoms with Gasteiger partial charge in [-0.2, -0.15) is 0 Å². The molecule has 2 heterocycles. The molecule has 0 aromatic rings. The van der Waals surface area contributed by atoms with Gasteiger partial charge in [-0.25, -0.2) is 0 Å². The van der Waals surface area contributed by atoms with Crippen molar-refractivity contribution in [2.24, 2.45) is 17.8 Å². The summed E-state index contributed by atoms with van der Waals surface area (Å²) in [4.78, 5) is 11.9. The van der Waals surface area contributed by atoms with Crippen molar-refractivity contribution in [3.8, 4) is 0 Å². The molecule has 1 amide bonds. The Balaban J connectivity index is 0.00000180. The molecular formula is C14H27ClN2O2. The van der Waals surface area contributed by atoms with Gasteiger partial charge in [0.15, 0.2) is 0 Å². The SMILES string of the molecule is CC(CC(=O)NCC1CCOC1)C1CCCNC1.Cl. The van der Waals surface area contributed by atoms with Crippen LogP contribution in [0.25, 0.3) is 0 Å². The largest absolute Gasteiger partial charge is 0.381 e. The predicted molar refractivity (Wildman–Crippen MR) is 78.6 cm³/mol. The highest BCUT2D eigenvalue weighted by Crippen LogP contribution is 2.22. The molecule has 0 spiro atoms. The molecule has 112 valence electrons. The maximum absolute atomic E-state index is 11.9. The number of carbonyl (C=O) groups is 1. The van der Waals surface area contributed by atoms with E-state index in [1.807, 2.05) is 0 Å². The monoisotopic (exact) mass is 290 g/mol. The van der Waals surface area contributed by atoms with Gasteiger partial charge in [0, 0.05) is 25.5 Å². The van der Waals surface area contributed by atoms with Crippen molar-refractivity contribution >= 4 is 18.3 Å². The minimum Gasteiger partial charge on any atom is -0.381 e. The van der Waals surface area contributed by atoms with Crippen molar-refractivity contribution in [3.63, 3.8) is 0 Å². The van der Waals surface area contributed by atoms with Crippen molar-refractivity contribution in [2.75, 3.05) is 32.8 Å². The van der Waals surface area contributed by atoms with Crippen LogP contribution in [0, 0.1) is 17.8 Å². The Kier molecular flexibility index (Phi) is 7.73. The first kappa shape index (κ1) is 16.7. The van der Waals surface area contributed by atoms with Gasteiger partial charge in [-0.15, -0.1) is 12.4 Å². The Hall–Kier alpha value is -0.320. The summed E-state index contributed by atoms with van der Waals surface area (Å²) in [6, 6.07) is 0. The second-order valence-corrected chi connectivity index (χ2v) is 5.82. The molecule has 4 nitrogen and oxygen atoms in total. The van der Waals surface area contributed by atoms with Gasteiger partial charge in [-0.1, -0.05) is 6.92 Å². The summed E-state index contributed by atoms with van der Waals surface area (Å²) in [7, 11) is 0. The Morgan fingerprint density at radius 2 is 2.32 bits per heavy atom. The molecule has 3 unspecified atom stereocenters. The van der Waals surface area contributed by atoms with Gasteiger partial charge in [-0.3, -0.25) is 4.79 Å². The van der Waals surface area contributed by atoms with Gasteiger partial charge in [0.25, 0.3) is 0 Å². The molecule has 2 saturated heterocycles. The van der Waals surface area contributed by atoms with Crippen LogP contribution in [-0.4, -0.2) is 38.8 Å². The highest BCUT2D eigenvalue weighted by atomic mass is 35.5. The molecule has 3 atom stereocenters. The van der Waals surface area contributed by atoms with Gasteiger partial charge in [0.1, 0.15) is 0 Å². The van der Waals surface area contributed by atoms with Crippen LogP contribution in [0.2, 0.25) is 0 Å². The van der Waals surface area contributed by atoms with Crippen LogP contribution in [0.4, 0.5) is 0 Å². The molecule has 2 aliphatic rings. The van der Waals surface area contributed by atoms with E-state index in [0.717, 1.165) is 39.3 Å². The highest BCUT2D eigenvalue weighted by Gasteiger charge is 2.22. The van der Waals surface area contributed by atoms with Gasteiger partial charge in [0.2, 0.25) is 5.91 Å². The molecule has 0 radical (unpaired) electrons. The molecule has 2 aliphatic heterocycles. The van der Waals surface area contributed by atoms with E-state index in [-0.39, 0.29) is 18.3 Å². The van der Waals surface area contributed by atoms with E-state index in [1.54, 1.807) is 0 Å². The molecular weight excluding hydrogens is 264 g/mol. The van der Waals surface area contributed by atoms with Crippen LogP contribution in [0.5, 0.6) is 0 Å². The molecule has 0 saturated carbocycles. The van der Waals surface area contributed by atoms with Crippen molar-refractivity contribution < 1.29 is 9.53 Å². The fourth-order valence-electron chi connectivity index (χ4n) is 2.90. The van der Waals surface area contributed by atoms with Crippen LogP contribution in [-0.2, 0) is 9.53 Å². The van der Waals surface area contributed by atoms with E-state index in [0.29, 0.717) is 24.2 Å². The number of hydrogen-bond donors (Lipinski definition) is 2. The number of nitrogens with one attached hydrogen (secondary N) is 2. The molecule has 2 rings (SSSR count). The summed E-state index contributed by atoms with van der Waals surface area (Å²) >= 11 is 0. The summed E-state index contributed by atoms with van der Waals surface area (Å²) in [5.74, 6) is 1.89. The Morgan fingerprint density at radius 1 is 1.47 bits per heavy atom. The lowest BCUT2D eigenvalue weighted by molar-refractivity contribution is -0.122. The number of halogens is 1. The van der Waals surface area contributed by atoms with E-state index in [1.165, 1.54) is 12.8 Å². The maximum Gasteiger partial charge on any atom is 0.220 e. The second-order valence-electron chi connectivity index (χ2n) is 5.82. The molecule has 0 bridgehead atoms. The Morgan fingerprint density at radius 3 is 2.95 bits per heavy atom. The minimum absolute atomic E-state index is 0. The molecule has 5 heteroatoms. The van der Waals surface area contributed by atoms with Gasteiger partial charge in [0.05, 0.1) is 6.61 Å². The van der Waals surface area contributed by atoms with Crippen molar-refractivity contribution in [1.82, 2.24) is 10.6 Å². The van der Waals surface area contributed by atoms with E-state index >= 15 is 0 Å². The van der Waals surface area contributed by atoms with Gasteiger partial charge in [-0.05, 0) is 44.2 Å². The van der Waals surface area contributed by atoms with Crippen LogP contribution >= 0.6 is 12.4 Å². The summed E-state index contributed by atoms with van der Waals surface area (Å²) in [6.45, 7) is 6.86. The molecule has 0 aromatic heterocycles. The molecule has 0 aliphatic carbocycles. The van der Waals surface area contributed by atoms with E-state index in [9.17, 15) is 4.79 Å². The number of carbonyl (C=O) groups excluding carboxylic acids is 1. The fourth-order valence-corrected chi connectivity index (χ4v) is 2.90. The first-order valence-corrected chi connectivity index (χ1v) is 7.31. The minimum atomic E-state index is 0. The van der Waals surface area contributed by atoms with Crippen LogP contribution in [0.3, 0.4) is 0 Å². The maximum atomic E-state index is 11.9. The van der Waals surface area contributed by atoms with E-state index in [4.69, 9.17) is 4.74 Å².